The normalized spacial score (nSPS) is 22.1. The number of hydrogen-bond acceptors (Lipinski definition) is 3. The summed E-state index contributed by atoms with van der Waals surface area (Å²) in [5.41, 5.74) is -0.968. The molecule has 2 fully saturated rings. The number of barbiturate groups is 1. The van der Waals surface area contributed by atoms with Gasteiger partial charge in [0.25, 0.3) is 0 Å². The monoisotopic (exact) mass is 234 g/mol. The van der Waals surface area contributed by atoms with E-state index < -0.39 is 17.4 Å². The van der Waals surface area contributed by atoms with Crippen LogP contribution in [0.25, 0.3) is 0 Å². The van der Waals surface area contributed by atoms with Crippen molar-refractivity contribution in [1.29, 1.82) is 0 Å². The van der Waals surface area contributed by atoms with Crippen molar-refractivity contribution in [3.8, 4) is 12.3 Å². The first-order chi connectivity index (χ1) is 8.12. The number of nitrogens with one attached hydrogen (secondary N) is 1. The Hall–Kier alpha value is -1.83. The van der Waals surface area contributed by atoms with Gasteiger partial charge in [0.2, 0.25) is 11.8 Å². The summed E-state index contributed by atoms with van der Waals surface area (Å²) in [4.78, 5) is 36.5. The Balaban J connectivity index is 2.10. The van der Waals surface area contributed by atoms with Crippen LogP contribution in [0.4, 0.5) is 4.79 Å². The minimum Gasteiger partial charge on any atom is -0.277 e. The van der Waals surface area contributed by atoms with Crippen LogP contribution in [0.3, 0.4) is 0 Å². The van der Waals surface area contributed by atoms with E-state index in [9.17, 15) is 14.4 Å². The number of carbonyl (C=O) groups excluding carboxylic acids is 3. The second-order valence-electron chi connectivity index (χ2n) is 4.46. The van der Waals surface area contributed by atoms with Gasteiger partial charge in [0.15, 0.2) is 0 Å². The zero-order valence-electron chi connectivity index (χ0n) is 9.49. The molecule has 1 aliphatic carbocycles. The lowest BCUT2D eigenvalue weighted by molar-refractivity contribution is -0.157. The number of rotatable bonds is 3. The van der Waals surface area contributed by atoms with E-state index in [1.807, 2.05) is 0 Å². The van der Waals surface area contributed by atoms with Crippen molar-refractivity contribution in [3.05, 3.63) is 0 Å². The predicted molar refractivity (Wildman–Crippen MR) is 59.6 cm³/mol. The maximum atomic E-state index is 12.1. The van der Waals surface area contributed by atoms with E-state index in [0.29, 0.717) is 25.7 Å². The molecule has 1 saturated heterocycles. The summed E-state index contributed by atoms with van der Waals surface area (Å²) in [6.07, 6.45) is 8.13. The fraction of sp³-hybridized carbons (Fsp3) is 0.583. The van der Waals surface area contributed by atoms with Crippen LogP contribution in [0.5, 0.6) is 0 Å². The van der Waals surface area contributed by atoms with Gasteiger partial charge >= 0.3 is 6.03 Å². The van der Waals surface area contributed by atoms with Crippen molar-refractivity contribution in [2.75, 3.05) is 6.54 Å². The molecule has 5 heteroatoms. The third-order valence-electron chi connectivity index (χ3n) is 3.46. The maximum Gasteiger partial charge on any atom is 0.330 e. The van der Waals surface area contributed by atoms with Crippen LogP contribution in [0.1, 0.15) is 32.1 Å². The molecule has 4 amide bonds. The fourth-order valence-corrected chi connectivity index (χ4v) is 2.25. The van der Waals surface area contributed by atoms with Crippen LogP contribution >= 0.6 is 0 Å². The van der Waals surface area contributed by atoms with Crippen LogP contribution in [-0.4, -0.2) is 29.3 Å². The van der Waals surface area contributed by atoms with Gasteiger partial charge in [-0.15, -0.1) is 12.3 Å². The molecule has 0 aromatic rings. The molecule has 0 atom stereocenters. The SMILES string of the molecule is C#CCCCN1C(=O)NC(=O)C2(CCC2)C1=O. The van der Waals surface area contributed by atoms with E-state index in [1.165, 1.54) is 0 Å². The lowest BCUT2D eigenvalue weighted by atomic mass is 9.66. The Bertz CT molecular complexity index is 418. The summed E-state index contributed by atoms with van der Waals surface area (Å²) in [5, 5.41) is 2.26. The molecule has 0 aromatic carbocycles. The Morgan fingerprint density at radius 3 is 2.59 bits per heavy atom. The summed E-state index contributed by atoms with van der Waals surface area (Å²) < 4.78 is 0. The number of terminal acetylenes is 1. The molecule has 1 N–H and O–H groups in total. The molecule has 2 aliphatic rings. The second-order valence-corrected chi connectivity index (χ2v) is 4.46. The summed E-state index contributed by atoms with van der Waals surface area (Å²) in [6, 6.07) is -0.616. The third-order valence-corrected chi connectivity index (χ3v) is 3.46. The first-order valence-corrected chi connectivity index (χ1v) is 5.73. The van der Waals surface area contributed by atoms with E-state index in [4.69, 9.17) is 6.42 Å². The van der Waals surface area contributed by atoms with Crippen molar-refractivity contribution in [3.63, 3.8) is 0 Å². The molecule has 0 unspecified atom stereocenters. The zero-order valence-corrected chi connectivity index (χ0v) is 9.49. The van der Waals surface area contributed by atoms with Crippen LogP contribution in [0.2, 0.25) is 0 Å². The van der Waals surface area contributed by atoms with Gasteiger partial charge in [-0.1, -0.05) is 6.42 Å². The molecule has 0 bridgehead atoms. The molecule has 5 nitrogen and oxygen atoms in total. The van der Waals surface area contributed by atoms with Gasteiger partial charge in [0, 0.05) is 13.0 Å². The van der Waals surface area contributed by atoms with E-state index in [1.54, 1.807) is 0 Å². The Morgan fingerprint density at radius 1 is 1.35 bits per heavy atom. The molecule has 1 heterocycles. The average molecular weight is 234 g/mol. The Kier molecular flexibility index (Phi) is 2.88. The number of carbonyl (C=O) groups is 3. The van der Waals surface area contributed by atoms with E-state index in [0.717, 1.165) is 11.3 Å². The summed E-state index contributed by atoms with van der Waals surface area (Å²) in [5.74, 6) is 1.67. The standard InChI is InChI=1S/C12H14N2O3/c1-2-3-4-8-14-10(16)12(6-5-7-12)9(15)13-11(14)17/h1H,3-8H2,(H,13,15,17). The van der Waals surface area contributed by atoms with Crippen molar-refractivity contribution in [1.82, 2.24) is 10.2 Å². The van der Waals surface area contributed by atoms with Crippen molar-refractivity contribution >= 4 is 17.8 Å². The van der Waals surface area contributed by atoms with Crippen molar-refractivity contribution in [2.45, 2.75) is 32.1 Å². The largest absolute Gasteiger partial charge is 0.330 e. The highest BCUT2D eigenvalue weighted by atomic mass is 16.2. The van der Waals surface area contributed by atoms with Gasteiger partial charge in [0.1, 0.15) is 5.41 Å². The molecule has 2 rings (SSSR count). The minimum absolute atomic E-state index is 0.282. The number of urea groups is 1. The zero-order chi connectivity index (χ0) is 12.5. The number of hydrogen-bond donors (Lipinski definition) is 1. The summed E-state index contributed by atoms with van der Waals surface area (Å²) in [7, 11) is 0. The van der Waals surface area contributed by atoms with Crippen LogP contribution in [0.15, 0.2) is 0 Å². The number of unbranched alkanes of at least 4 members (excludes halogenated alkanes) is 1. The van der Waals surface area contributed by atoms with Gasteiger partial charge in [-0.05, 0) is 19.3 Å². The molecule has 1 spiro atoms. The molecule has 1 saturated carbocycles. The second kappa shape index (κ2) is 4.21. The number of imide groups is 2. The predicted octanol–water partition coefficient (Wildman–Crippen LogP) is 0.648. The number of amides is 4. The topological polar surface area (TPSA) is 66.5 Å². The Morgan fingerprint density at radius 2 is 2.06 bits per heavy atom. The highest BCUT2D eigenvalue weighted by Gasteiger charge is 2.56. The van der Waals surface area contributed by atoms with Crippen LogP contribution < -0.4 is 5.32 Å². The highest BCUT2D eigenvalue weighted by molar-refractivity contribution is 6.19. The smallest absolute Gasteiger partial charge is 0.277 e. The van der Waals surface area contributed by atoms with Gasteiger partial charge in [-0.2, -0.15) is 0 Å². The first kappa shape index (κ1) is 11.6. The van der Waals surface area contributed by atoms with E-state index in [2.05, 4.69) is 11.2 Å². The fourth-order valence-electron chi connectivity index (χ4n) is 2.25. The van der Waals surface area contributed by atoms with Gasteiger partial charge in [-0.25, -0.2) is 4.79 Å². The lowest BCUT2D eigenvalue weighted by Crippen LogP contribution is -2.66. The molecular formula is C12H14N2O3. The van der Waals surface area contributed by atoms with Crippen molar-refractivity contribution < 1.29 is 14.4 Å². The van der Waals surface area contributed by atoms with Gasteiger partial charge in [0.05, 0.1) is 0 Å². The van der Waals surface area contributed by atoms with Crippen LogP contribution in [0, 0.1) is 17.8 Å². The minimum atomic E-state index is -0.968. The van der Waals surface area contributed by atoms with Gasteiger partial charge < -0.3 is 0 Å². The maximum absolute atomic E-state index is 12.1. The summed E-state index contributed by atoms with van der Waals surface area (Å²) >= 11 is 0. The molecule has 0 aromatic heterocycles. The van der Waals surface area contributed by atoms with Crippen molar-refractivity contribution in [2.24, 2.45) is 5.41 Å². The average Bonchev–Trinajstić information content (AvgIpc) is 2.20. The quantitative estimate of drug-likeness (QED) is 0.443. The Labute approximate surface area is 99.5 Å². The van der Waals surface area contributed by atoms with E-state index >= 15 is 0 Å². The highest BCUT2D eigenvalue weighted by Crippen LogP contribution is 2.44. The molecule has 0 radical (unpaired) electrons. The van der Waals surface area contributed by atoms with E-state index in [-0.39, 0.29) is 12.5 Å². The molecular weight excluding hydrogens is 220 g/mol. The molecule has 1 aliphatic heterocycles. The lowest BCUT2D eigenvalue weighted by Gasteiger charge is -2.44. The number of nitrogens with zero attached hydrogens (tertiary/aromatic N) is 1. The first-order valence-electron chi connectivity index (χ1n) is 5.73. The van der Waals surface area contributed by atoms with Crippen LogP contribution in [-0.2, 0) is 9.59 Å². The van der Waals surface area contributed by atoms with Gasteiger partial charge in [-0.3, -0.25) is 19.8 Å². The summed E-state index contributed by atoms with van der Waals surface area (Å²) in [6.45, 7) is 0.282. The third kappa shape index (κ3) is 1.70. The molecule has 17 heavy (non-hydrogen) atoms. The molecule has 90 valence electrons.